The topological polar surface area (TPSA) is 25.8 Å². The first-order valence-electron chi connectivity index (χ1n) is 13.1. The van der Waals surface area contributed by atoms with Crippen molar-refractivity contribution in [3.63, 3.8) is 0 Å². The number of rotatable bonds is 2. The van der Waals surface area contributed by atoms with Crippen LogP contribution in [0.1, 0.15) is 47.4 Å². The van der Waals surface area contributed by atoms with Crippen molar-refractivity contribution in [2.45, 2.75) is 44.9 Å². The SMILES string of the molecule is CC(C)(c1ccccc1)c1cc2[c-]c(c1)-c1cccc(n1)-c1cccc(n1)CCc1[c-]c(ccc1)CC2.[Pt+2]. The van der Waals surface area contributed by atoms with Gasteiger partial charge in [0.1, 0.15) is 0 Å². The minimum Gasteiger partial charge on any atom is -0.295 e. The van der Waals surface area contributed by atoms with Gasteiger partial charge in [0.2, 0.25) is 0 Å². The van der Waals surface area contributed by atoms with Crippen LogP contribution in [0.3, 0.4) is 0 Å². The van der Waals surface area contributed by atoms with Gasteiger partial charge >= 0.3 is 21.1 Å². The van der Waals surface area contributed by atoms with Gasteiger partial charge in [-0.1, -0.05) is 62.4 Å². The fourth-order valence-electron chi connectivity index (χ4n) is 5.17. The van der Waals surface area contributed by atoms with Crippen molar-refractivity contribution in [2.24, 2.45) is 0 Å². The van der Waals surface area contributed by atoms with Gasteiger partial charge in [0, 0.05) is 5.69 Å². The first kappa shape index (κ1) is 26.3. The van der Waals surface area contributed by atoms with Gasteiger partial charge in [0.05, 0.1) is 11.4 Å². The Morgan fingerprint density at radius 3 is 1.97 bits per heavy atom. The second kappa shape index (κ2) is 11.2. The third kappa shape index (κ3) is 5.57. The van der Waals surface area contributed by atoms with Gasteiger partial charge in [-0.3, -0.25) is 9.97 Å². The summed E-state index contributed by atoms with van der Waals surface area (Å²) in [5.41, 5.74) is 10.9. The maximum Gasteiger partial charge on any atom is 2.00 e. The summed E-state index contributed by atoms with van der Waals surface area (Å²) in [4.78, 5) is 10.0. The molecule has 0 spiro atoms. The summed E-state index contributed by atoms with van der Waals surface area (Å²) < 4.78 is 0. The van der Waals surface area contributed by atoms with Gasteiger partial charge in [-0.2, -0.15) is 35.4 Å². The fourth-order valence-corrected chi connectivity index (χ4v) is 5.17. The Kier molecular flexibility index (Phi) is 7.72. The van der Waals surface area contributed by atoms with Crippen molar-refractivity contribution < 1.29 is 21.1 Å². The van der Waals surface area contributed by atoms with Crippen molar-refractivity contribution in [3.05, 3.63) is 143 Å². The molecule has 3 heteroatoms. The van der Waals surface area contributed by atoms with Gasteiger partial charge in [0.15, 0.2) is 0 Å². The minimum atomic E-state index is -0.153. The van der Waals surface area contributed by atoms with E-state index in [4.69, 9.17) is 9.97 Å². The monoisotopic (exact) mass is 673 g/mol. The summed E-state index contributed by atoms with van der Waals surface area (Å²) in [5.74, 6) is 0. The zero-order valence-corrected chi connectivity index (χ0v) is 24.0. The molecular weight excluding hydrogens is 643 g/mol. The van der Waals surface area contributed by atoms with Crippen LogP contribution in [0.25, 0.3) is 22.6 Å². The van der Waals surface area contributed by atoms with Crippen molar-refractivity contribution in [3.8, 4) is 22.6 Å². The van der Waals surface area contributed by atoms with Crippen LogP contribution < -0.4 is 0 Å². The van der Waals surface area contributed by atoms with E-state index in [-0.39, 0.29) is 26.5 Å². The second-order valence-corrected chi connectivity index (χ2v) is 10.4. The smallest absolute Gasteiger partial charge is 0.295 e. The van der Waals surface area contributed by atoms with E-state index in [1.807, 2.05) is 0 Å². The molecule has 0 saturated carbocycles. The predicted molar refractivity (Wildman–Crippen MR) is 150 cm³/mol. The standard InChI is InChI=1S/C35H30N2.Pt/c1-35(2,29-11-4-3-5-12-29)30-23-27-18-17-25-9-6-10-26(21-25)19-20-31-13-7-15-33(36-31)34-16-8-14-32(37-34)28(22-27)24-30;/h3-16,23-24H,17-20H2,1-2H3;/q-2;+2. The van der Waals surface area contributed by atoms with Gasteiger partial charge < -0.3 is 0 Å². The van der Waals surface area contributed by atoms with Crippen LogP contribution >= 0.6 is 0 Å². The van der Waals surface area contributed by atoms with E-state index in [1.165, 1.54) is 27.8 Å². The van der Waals surface area contributed by atoms with Crippen molar-refractivity contribution in [2.75, 3.05) is 0 Å². The zero-order valence-electron chi connectivity index (χ0n) is 21.8. The molecule has 3 heterocycles. The number of fused-ring (bicyclic) bond motifs is 10. The molecular formula is C35H30N2Pt. The Hall–Kier alpha value is -3.35. The number of benzene rings is 3. The second-order valence-electron chi connectivity index (χ2n) is 10.4. The van der Waals surface area contributed by atoms with Crippen LogP contribution in [0.15, 0.2) is 97.1 Å². The van der Waals surface area contributed by atoms with E-state index in [0.717, 1.165) is 54.0 Å². The summed E-state index contributed by atoms with van der Waals surface area (Å²) >= 11 is 0. The third-order valence-corrected chi connectivity index (χ3v) is 7.47. The summed E-state index contributed by atoms with van der Waals surface area (Å²) in [6.07, 6.45) is 3.65. The summed E-state index contributed by atoms with van der Waals surface area (Å²) in [6, 6.07) is 41.7. The minimum absolute atomic E-state index is 0. The zero-order chi connectivity index (χ0) is 25.2. The third-order valence-electron chi connectivity index (χ3n) is 7.47. The van der Waals surface area contributed by atoms with Gasteiger partial charge in [-0.15, -0.1) is 34.9 Å². The van der Waals surface area contributed by atoms with Crippen LogP contribution in [-0.4, -0.2) is 9.97 Å². The summed E-state index contributed by atoms with van der Waals surface area (Å²) in [6.45, 7) is 4.60. The van der Waals surface area contributed by atoms with E-state index in [0.29, 0.717) is 0 Å². The molecule has 2 nitrogen and oxygen atoms in total. The van der Waals surface area contributed by atoms with Crippen LogP contribution in [0.4, 0.5) is 0 Å². The Morgan fingerprint density at radius 2 is 1.18 bits per heavy atom. The Labute approximate surface area is 240 Å². The first-order chi connectivity index (χ1) is 18.0. The van der Waals surface area contributed by atoms with E-state index >= 15 is 0 Å². The normalized spacial score (nSPS) is 12.9. The summed E-state index contributed by atoms with van der Waals surface area (Å²) in [7, 11) is 0. The molecule has 6 rings (SSSR count). The maximum atomic E-state index is 5.07. The Bertz CT molecular complexity index is 1560. The van der Waals surface area contributed by atoms with Crippen LogP contribution in [0.5, 0.6) is 0 Å². The molecule has 0 N–H and O–H groups in total. The molecule has 0 unspecified atom stereocenters. The summed E-state index contributed by atoms with van der Waals surface area (Å²) in [5, 5.41) is 0. The predicted octanol–water partition coefficient (Wildman–Crippen LogP) is 7.62. The number of nitrogens with zero attached hydrogens (tertiary/aromatic N) is 2. The number of aryl methyl sites for hydroxylation is 4. The number of pyridine rings is 2. The van der Waals surface area contributed by atoms with E-state index in [2.05, 4.69) is 123 Å². The molecule has 8 bridgehead atoms. The quantitative estimate of drug-likeness (QED) is 0.180. The van der Waals surface area contributed by atoms with E-state index < -0.39 is 0 Å². The molecule has 0 amide bonds. The fraction of sp³-hybridized carbons (Fsp3) is 0.200. The number of hydrogen-bond acceptors (Lipinski definition) is 2. The molecule has 1 aliphatic heterocycles. The van der Waals surface area contributed by atoms with Crippen LogP contribution in [-0.2, 0) is 52.2 Å². The molecule has 38 heavy (non-hydrogen) atoms. The molecule has 0 aliphatic carbocycles. The maximum absolute atomic E-state index is 5.07. The first-order valence-corrected chi connectivity index (χ1v) is 13.1. The van der Waals surface area contributed by atoms with E-state index in [1.54, 1.807) is 0 Å². The van der Waals surface area contributed by atoms with Gasteiger partial charge in [-0.25, -0.2) is 0 Å². The molecule has 190 valence electrons. The van der Waals surface area contributed by atoms with Crippen molar-refractivity contribution >= 4 is 0 Å². The molecule has 0 saturated heterocycles. The molecule has 0 atom stereocenters. The number of hydrogen-bond donors (Lipinski definition) is 0. The molecule has 2 aromatic heterocycles. The van der Waals surface area contributed by atoms with Crippen LogP contribution in [0.2, 0.25) is 0 Å². The molecule has 1 aliphatic rings. The van der Waals surface area contributed by atoms with Crippen molar-refractivity contribution in [1.82, 2.24) is 9.97 Å². The molecule has 3 aromatic carbocycles. The largest absolute Gasteiger partial charge is 2.00 e. The van der Waals surface area contributed by atoms with E-state index in [9.17, 15) is 0 Å². The van der Waals surface area contributed by atoms with Gasteiger partial charge in [0.25, 0.3) is 0 Å². The molecule has 0 radical (unpaired) electrons. The number of aromatic nitrogens is 2. The average Bonchev–Trinajstić information content (AvgIpc) is 2.95. The average molecular weight is 674 g/mol. The van der Waals surface area contributed by atoms with Gasteiger partial charge in [-0.05, 0) is 60.6 Å². The molecule has 5 aromatic rings. The molecule has 0 fully saturated rings. The van der Waals surface area contributed by atoms with Crippen LogP contribution in [0, 0.1) is 12.1 Å². The Morgan fingerprint density at radius 1 is 0.553 bits per heavy atom. The Balaban J connectivity index is 0.00000294. The van der Waals surface area contributed by atoms with Crippen molar-refractivity contribution in [1.29, 1.82) is 0 Å².